The van der Waals surface area contributed by atoms with Gasteiger partial charge in [0, 0.05) is 11.1 Å². The lowest BCUT2D eigenvalue weighted by Gasteiger charge is -2.08. The lowest BCUT2D eigenvalue weighted by molar-refractivity contribution is 0.103. The fourth-order valence-electron chi connectivity index (χ4n) is 2.96. The number of aryl methyl sites for hydroxylation is 4. The Morgan fingerprint density at radius 1 is 0.950 bits per heavy atom. The Kier molecular flexibility index (Phi) is 3.17. The summed E-state index contributed by atoms with van der Waals surface area (Å²) >= 11 is 0. The van der Waals surface area contributed by atoms with Crippen LogP contribution in [0, 0.1) is 19.7 Å². The maximum Gasteiger partial charge on any atom is 0.193 e. The summed E-state index contributed by atoms with van der Waals surface area (Å²) in [6.07, 6.45) is 3.33. The highest BCUT2D eigenvalue weighted by atomic mass is 19.1. The summed E-state index contributed by atoms with van der Waals surface area (Å²) in [6, 6.07) is 9.22. The zero-order valence-electron chi connectivity index (χ0n) is 11.8. The number of carbonyl (C=O) groups excluding carboxylic acids is 1. The van der Waals surface area contributed by atoms with Crippen molar-refractivity contribution in [2.75, 3.05) is 0 Å². The summed E-state index contributed by atoms with van der Waals surface area (Å²) < 4.78 is 13.6. The Balaban J connectivity index is 2.00. The maximum absolute atomic E-state index is 13.6. The molecule has 0 aliphatic heterocycles. The summed E-state index contributed by atoms with van der Waals surface area (Å²) in [5, 5.41) is 0. The molecule has 0 heterocycles. The molecule has 0 spiro atoms. The van der Waals surface area contributed by atoms with Crippen LogP contribution in [0.5, 0.6) is 0 Å². The van der Waals surface area contributed by atoms with Gasteiger partial charge in [0.25, 0.3) is 0 Å². The third-order valence-electron chi connectivity index (χ3n) is 4.06. The van der Waals surface area contributed by atoms with Crippen molar-refractivity contribution in [1.29, 1.82) is 0 Å². The largest absolute Gasteiger partial charge is 0.289 e. The van der Waals surface area contributed by atoms with E-state index in [0.29, 0.717) is 22.3 Å². The maximum atomic E-state index is 13.6. The molecule has 2 aromatic rings. The molecule has 0 bridgehead atoms. The van der Waals surface area contributed by atoms with Gasteiger partial charge in [0.1, 0.15) is 5.82 Å². The molecule has 3 rings (SSSR count). The average Bonchev–Trinajstić information content (AvgIpc) is 2.90. The van der Waals surface area contributed by atoms with Gasteiger partial charge in [0.05, 0.1) is 0 Å². The molecule has 0 amide bonds. The first-order valence-corrected chi connectivity index (χ1v) is 6.99. The van der Waals surface area contributed by atoms with Crippen LogP contribution >= 0.6 is 0 Å². The molecule has 2 aromatic carbocycles. The third kappa shape index (κ3) is 2.15. The van der Waals surface area contributed by atoms with Gasteiger partial charge in [-0.1, -0.05) is 12.1 Å². The van der Waals surface area contributed by atoms with Crippen LogP contribution in [0.3, 0.4) is 0 Å². The highest BCUT2D eigenvalue weighted by Crippen LogP contribution is 2.24. The van der Waals surface area contributed by atoms with Crippen LogP contribution in [0.25, 0.3) is 0 Å². The Morgan fingerprint density at radius 2 is 1.60 bits per heavy atom. The van der Waals surface area contributed by atoms with Crippen LogP contribution in [0.15, 0.2) is 30.3 Å². The van der Waals surface area contributed by atoms with E-state index in [9.17, 15) is 9.18 Å². The minimum Gasteiger partial charge on any atom is -0.289 e. The monoisotopic (exact) mass is 268 g/mol. The molecule has 0 aromatic heterocycles. The summed E-state index contributed by atoms with van der Waals surface area (Å²) in [4.78, 5) is 12.5. The van der Waals surface area contributed by atoms with Crippen molar-refractivity contribution in [3.8, 4) is 0 Å². The van der Waals surface area contributed by atoms with E-state index in [0.717, 1.165) is 12.8 Å². The molecule has 20 heavy (non-hydrogen) atoms. The molecule has 2 heteroatoms. The van der Waals surface area contributed by atoms with Crippen molar-refractivity contribution in [2.24, 2.45) is 0 Å². The summed E-state index contributed by atoms with van der Waals surface area (Å²) in [5.41, 5.74) is 4.96. The number of rotatable bonds is 2. The predicted octanol–water partition coefficient (Wildman–Crippen LogP) is 4.16. The molecular formula is C18H17FO. The zero-order valence-corrected chi connectivity index (χ0v) is 11.8. The Bertz CT molecular complexity index is 678. The number of benzene rings is 2. The molecule has 0 unspecified atom stereocenters. The Labute approximate surface area is 118 Å². The van der Waals surface area contributed by atoms with Gasteiger partial charge in [-0.2, -0.15) is 0 Å². The first-order chi connectivity index (χ1) is 9.56. The number of hydrogen-bond donors (Lipinski definition) is 0. The van der Waals surface area contributed by atoms with Crippen molar-refractivity contribution in [1.82, 2.24) is 0 Å². The molecule has 0 saturated heterocycles. The molecule has 1 aliphatic rings. The summed E-state index contributed by atoms with van der Waals surface area (Å²) in [6.45, 7) is 3.39. The first-order valence-electron chi connectivity index (χ1n) is 6.99. The van der Waals surface area contributed by atoms with Crippen LogP contribution in [0.4, 0.5) is 4.39 Å². The van der Waals surface area contributed by atoms with Crippen molar-refractivity contribution in [3.05, 3.63) is 69.5 Å². The average molecular weight is 268 g/mol. The predicted molar refractivity (Wildman–Crippen MR) is 77.8 cm³/mol. The van der Waals surface area contributed by atoms with Crippen LogP contribution in [0.1, 0.15) is 44.6 Å². The second-order valence-electron chi connectivity index (χ2n) is 5.59. The second-order valence-corrected chi connectivity index (χ2v) is 5.59. The van der Waals surface area contributed by atoms with Crippen LogP contribution < -0.4 is 0 Å². The number of carbonyl (C=O) groups is 1. The van der Waals surface area contributed by atoms with Crippen molar-refractivity contribution in [3.63, 3.8) is 0 Å². The second kappa shape index (κ2) is 4.86. The first kappa shape index (κ1) is 13.0. The third-order valence-corrected chi connectivity index (χ3v) is 4.06. The van der Waals surface area contributed by atoms with E-state index in [1.807, 2.05) is 12.1 Å². The molecule has 0 radical (unpaired) electrons. The van der Waals surface area contributed by atoms with Crippen LogP contribution in [0.2, 0.25) is 0 Å². The molecule has 0 atom stereocenters. The summed E-state index contributed by atoms with van der Waals surface area (Å²) in [5.74, 6) is -0.249. The molecule has 1 aliphatic carbocycles. The highest BCUT2D eigenvalue weighted by Gasteiger charge is 2.16. The smallest absolute Gasteiger partial charge is 0.193 e. The molecule has 102 valence electrons. The van der Waals surface area contributed by atoms with E-state index in [1.54, 1.807) is 26.0 Å². The number of hydrogen-bond acceptors (Lipinski definition) is 1. The van der Waals surface area contributed by atoms with Gasteiger partial charge in [-0.25, -0.2) is 4.39 Å². The molecule has 1 nitrogen and oxygen atoms in total. The normalized spacial score (nSPS) is 13.3. The minimum atomic E-state index is -0.226. The van der Waals surface area contributed by atoms with E-state index in [4.69, 9.17) is 0 Å². The fourth-order valence-corrected chi connectivity index (χ4v) is 2.96. The Morgan fingerprint density at radius 3 is 2.30 bits per heavy atom. The zero-order chi connectivity index (χ0) is 14.3. The van der Waals surface area contributed by atoms with Gasteiger partial charge in [0.2, 0.25) is 0 Å². The number of halogens is 1. The van der Waals surface area contributed by atoms with Crippen LogP contribution in [-0.4, -0.2) is 5.78 Å². The molecule has 0 N–H and O–H groups in total. The fraction of sp³-hybridized carbons (Fsp3) is 0.278. The highest BCUT2D eigenvalue weighted by molar-refractivity contribution is 6.09. The lowest BCUT2D eigenvalue weighted by Crippen LogP contribution is -2.04. The lowest BCUT2D eigenvalue weighted by atomic mass is 9.97. The quantitative estimate of drug-likeness (QED) is 0.747. The molecule has 0 saturated carbocycles. The van der Waals surface area contributed by atoms with E-state index in [2.05, 4.69) is 6.07 Å². The van der Waals surface area contributed by atoms with E-state index in [-0.39, 0.29) is 11.6 Å². The van der Waals surface area contributed by atoms with E-state index in [1.165, 1.54) is 17.5 Å². The van der Waals surface area contributed by atoms with E-state index >= 15 is 0 Å². The van der Waals surface area contributed by atoms with Gasteiger partial charge in [-0.05, 0) is 73.6 Å². The standard InChI is InChI=1S/C18H17FO/c1-11-8-16(9-12(2)17(11)19)18(20)15-7-6-13-4-3-5-14(13)10-15/h6-10H,3-5H2,1-2H3. The van der Waals surface area contributed by atoms with Crippen LogP contribution in [-0.2, 0) is 12.8 Å². The van der Waals surface area contributed by atoms with Gasteiger partial charge in [0.15, 0.2) is 5.78 Å². The van der Waals surface area contributed by atoms with Crippen molar-refractivity contribution >= 4 is 5.78 Å². The number of ketones is 1. The SMILES string of the molecule is Cc1cc(C(=O)c2ccc3c(c2)CCC3)cc(C)c1F. The van der Waals surface area contributed by atoms with Crippen molar-refractivity contribution < 1.29 is 9.18 Å². The minimum absolute atomic E-state index is 0.0223. The molecule has 0 fully saturated rings. The van der Waals surface area contributed by atoms with E-state index < -0.39 is 0 Å². The Hall–Kier alpha value is -1.96. The van der Waals surface area contributed by atoms with Gasteiger partial charge < -0.3 is 0 Å². The van der Waals surface area contributed by atoms with Crippen molar-refractivity contribution in [2.45, 2.75) is 33.1 Å². The van der Waals surface area contributed by atoms with Gasteiger partial charge >= 0.3 is 0 Å². The summed E-state index contributed by atoms with van der Waals surface area (Å²) in [7, 11) is 0. The van der Waals surface area contributed by atoms with Gasteiger partial charge in [-0.3, -0.25) is 4.79 Å². The number of fused-ring (bicyclic) bond motifs is 1. The molecular weight excluding hydrogens is 251 g/mol. The van der Waals surface area contributed by atoms with Gasteiger partial charge in [-0.15, -0.1) is 0 Å². The topological polar surface area (TPSA) is 17.1 Å².